The Morgan fingerprint density at radius 1 is 1.00 bits per heavy atom. The van der Waals surface area contributed by atoms with Crippen molar-refractivity contribution in [3.8, 4) is 5.75 Å². The molecule has 1 atom stereocenters. The summed E-state index contributed by atoms with van der Waals surface area (Å²) in [7, 11) is 0. The third-order valence-electron chi connectivity index (χ3n) is 4.08. The number of hydrogen-bond acceptors (Lipinski definition) is 6. The van der Waals surface area contributed by atoms with Crippen LogP contribution in [0, 0.1) is 0 Å². The second-order valence-corrected chi connectivity index (χ2v) is 6.35. The van der Waals surface area contributed by atoms with Crippen molar-refractivity contribution in [2.24, 2.45) is 5.73 Å². The first kappa shape index (κ1) is 20.7. The molecule has 3 aromatic rings. The van der Waals surface area contributed by atoms with E-state index < -0.39 is 23.9 Å². The summed E-state index contributed by atoms with van der Waals surface area (Å²) in [6.45, 7) is 1.59. The van der Waals surface area contributed by atoms with Crippen LogP contribution in [-0.4, -0.2) is 23.9 Å². The van der Waals surface area contributed by atoms with E-state index in [1.165, 1.54) is 37.3 Å². The van der Waals surface area contributed by atoms with E-state index in [1.807, 2.05) is 18.2 Å². The highest BCUT2D eigenvalue weighted by molar-refractivity contribution is 5.97. The van der Waals surface area contributed by atoms with E-state index >= 15 is 0 Å². The van der Waals surface area contributed by atoms with Crippen LogP contribution in [0.1, 0.15) is 33.6 Å². The molecule has 0 bridgehead atoms. The molecule has 0 radical (unpaired) electrons. The van der Waals surface area contributed by atoms with Crippen LogP contribution in [0.25, 0.3) is 0 Å². The lowest BCUT2D eigenvalue weighted by atomic mass is 10.2. The summed E-state index contributed by atoms with van der Waals surface area (Å²) in [5.74, 6) is -0.791. The zero-order valence-corrected chi connectivity index (χ0v) is 16.2. The van der Waals surface area contributed by atoms with E-state index in [2.05, 4.69) is 5.32 Å². The number of rotatable bonds is 8. The lowest BCUT2D eigenvalue weighted by Crippen LogP contribution is -2.29. The molecule has 2 amide bonds. The molecule has 0 saturated heterocycles. The highest BCUT2D eigenvalue weighted by Crippen LogP contribution is 2.16. The SMILES string of the molecule is CC(OC(=O)c1ccc(COc2ccccc2)o1)C(=O)Nc1ccc(C(N)=O)cc1. The number of nitrogens with one attached hydrogen (secondary N) is 1. The van der Waals surface area contributed by atoms with Crippen LogP contribution in [0.3, 0.4) is 0 Å². The fraction of sp³-hybridized carbons (Fsp3) is 0.136. The molecular weight excluding hydrogens is 388 g/mol. The van der Waals surface area contributed by atoms with Crippen molar-refractivity contribution < 1.29 is 28.3 Å². The molecule has 0 saturated carbocycles. The number of esters is 1. The predicted octanol–water partition coefficient (Wildman–Crippen LogP) is 3.14. The van der Waals surface area contributed by atoms with Gasteiger partial charge < -0.3 is 24.9 Å². The summed E-state index contributed by atoms with van der Waals surface area (Å²) in [6.07, 6.45) is -1.07. The highest BCUT2D eigenvalue weighted by Gasteiger charge is 2.21. The molecule has 1 heterocycles. The molecule has 1 unspecified atom stereocenters. The van der Waals surface area contributed by atoms with Gasteiger partial charge in [-0.05, 0) is 55.5 Å². The minimum Gasteiger partial charge on any atom is -0.486 e. The maximum atomic E-state index is 12.2. The van der Waals surface area contributed by atoms with Gasteiger partial charge in [-0.2, -0.15) is 0 Å². The summed E-state index contributed by atoms with van der Waals surface area (Å²) >= 11 is 0. The molecular formula is C22H20N2O6. The van der Waals surface area contributed by atoms with Crippen LogP contribution in [0.15, 0.2) is 71.1 Å². The van der Waals surface area contributed by atoms with Crippen molar-refractivity contribution in [3.05, 3.63) is 83.8 Å². The minimum atomic E-state index is -1.07. The van der Waals surface area contributed by atoms with Gasteiger partial charge in [-0.15, -0.1) is 0 Å². The van der Waals surface area contributed by atoms with Gasteiger partial charge in [0.05, 0.1) is 0 Å². The summed E-state index contributed by atoms with van der Waals surface area (Å²) in [5, 5.41) is 2.59. The fourth-order valence-corrected chi connectivity index (χ4v) is 2.47. The van der Waals surface area contributed by atoms with Crippen LogP contribution < -0.4 is 15.8 Å². The first-order valence-electron chi connectivity index (χ1n) is 9.10. The van der Waals surface area contributed by atoms with Crippen molar-refractivity contribution in [2.45, 2.75) is 19.6 Å². The molecule has 3 rings (SSSR count). The van der Waals surface area contributed by atoms with E-state index in [0.717, 1.165) is 0 Å². The molecule has 0 aliphatic rings. The van der Waals surface area contributed by atoms with Crippen LogP contribution in [0.4, 0.5) is 5.69 Å². The zero-order valence-electron chi connectivity index (χ0n) is 16.2. The van der Waals surface area contributed by atoms with Gasteiger partial charge in [-0.25, -0.2) is 4.79 Å². The van der Waals surface area contributed by atoms with Gasteiger partial charge >= 0.3 is 5.97 Å². The standard InChI is InChI=1S/C22H20N2O6/c1-14(21(26)24-16-9-7-15(8-10-16)20(23)25)29-22(27)19-12-11-18(30-19)13-28-17-5-3-2-4-6-17/h2-12,14H,13H2,1H3,(H2,23,25)(H,24,26). The Morgan fingerprint density at radius 3 is 2.37 bits per heavy atom. The van der Waals surface area contributed by atoms with Crippen LogP contribution >= 0.6 is 0 Å². The molecule has 2 aromatic carbocycles. The smallest absolute Gasteiger partial charge is 0.375 e. The molecule has 0 aliphatic carbocycles. The maximum Gasteiger partial charge on any atom is 0.375 e. The number of primary amides is 1. The van der Waals surface area contributed by atoms with Crippen LogP contribution in [-0.2, 0) is 16.1 Å². The summed E-state index contributed by atoms with van der Waals surface area (Å²) in [4.78, 5) is 35.5. The van der Waals surface area contributed by atoms with E-state index in [0.29, 0.717) is 22.8 Å². The number of nitrogens with two attached hydrogens (primary N) is 1. The topological polar surface area (TPSA) is 121 Å². The molecule has 0 spiro atoms. The molecule has 30 heavy (non-hydrogen) atoms. The average Bonchev–Trinajstić information content (AvgIpc) is 3.22. The maximum absolute atomic E-state index is 12.2. The monoisotopic (exact) mass is 408 g/mol. The first-order valence-corrected chi connectivity index (χ1v) is 9.10. The normalized spacial score (nSPS) is 11.4. The number of ether oxygens (including phenoxy) is 2. The Morgan fingerprint density at radius 2 is 1.70 bits per heavy atom. The van der Waals surface area contributed by atoms with Gasteiger partial charge in [0, 0.05) is 11.3 Å². The number of carbonyl (C=O) groups is 3. The molecule has 8 heteroatoms. The number of carbonyl (C=O) groups excluding carboxylic acids is 3. The van der Waals surface area contributed by atoms with E-state index in [4.69, 9.17) is 19.6 Å². The molecule has 0 fully saturated rings. The zero-order chi connectivity index (χ0) is 21.5. The third-order valence-corrected chi connectivity index (χ3v) is 4.08. The van der Waals surface area contributed by atoms with Gasteiger partial charge in [-0.1, -0.05) is 18.2 Å². The fourth-order valence-electron chi connectivity index (χ4n) is 2.47. The third kappa shape index (κ3) is 5.48. The van der Waals surface area contributed by atoms with E-state index in [1.54, 1.807) is 18.2 Å². The number of hydrogen-bond donors (Lipinski definition) is 2. The van der Waals surface area contributed by atoms with Crippen molar-refractivity contribution >= 4 is 23.5 Å². The predicted molar refractivity (Wildman–Crippen MR) is 108 cm³/mol. The largest absolute Gasteiger partial charge is 0.486 e. The van der Waals surface area contributed by atoms with Gasteiger partial charge in [0.15, 0.2) is 6.10 Å². The second-order valence-electron chi connectivity index (χ2n) is 6.35. The Hall–Kier alpha value is -4.07. The quantitative estimate of drug-likeness (QED) is 0.553. The van der Waals surface area contributed by atoms with Crippen LogP contribution in [0.5, 0.6) is 5.75 Å². The van der Waals surface area contributed by atoms with E-state index in [-0.39, 0.29) is 12.4 Å². The number of furan rings is 1. The molecule has 1 aromatic heterocycles. The lowest BCUT2D eigenvalue weighted by Gasteiger charge is -2.13. The molecule has 0 aliphatic heterocycles. The molecule has 154 valence electrons. The van der Waals surface area contributed by atoms with Gasteiger partial charge in [0.25, 0.3) is 5.91 Å². The minimum absolute atomic E-state index is 0.0351. The summed E-state index contributed by atoms with van der Waals surface area (Å²) in [6, 6.07) is 18.3. The average molecular weight is 408 g/mol. The Kier molecular flexibility index (Phi) is 6.49. The van der Waals surface area contributed by atoms with Gasteiger partial charge in [0.2, 0.25) is 11.7 Å². The molecule has 8 nitrogen and oxygen atoms in total. The summed E-state index contributed by atoms with van der Waals surface area (Å²) in [5.41, 5.74) is 5.93. The highest BCUT2D eigenvalue weighted by atomic mass is 16.6. The van der Waals surface area contributed by atoms with Crippen molar-refractivity contribution in [1.82, 2.24) is 0 Å². The Bertz CT molecular complexity index is 1030. The van der Waals surface area contributed by atoms with Crippen LogP contribution in [0.2, 0.25) is 0 Å². The molecule has 3 N–H and O–H groups in total. The number of benzene rings is 2. The van der Waals surface area contributed by atoms with Crippen molar-refractivity contribution in [1.29, 1.82) is 0 Å². The lowest BCUT2D eigenvalue weighted by molar-refractivity contribution is -0.123. The van der Waals surface area contributed by atoms with E-state index in [9.17, 15) is 14.4 Å². The van der Waals surface area contributed by atoms with Gasteiger partial charge in [-0.3, -0.25) is 9.59 Å². The van der Waals surface area contributed by atoms with Gasteiger partial charge in [0.1, 0.15) is 18.1 Å². The second kappa shape index (κ2) is 9.42. The number of anilines is 1. The Balaban J connectivity index is 1.51. The number of para-hydroxylation sites is 1. The number of amides is 2. The summed E-state index contributed by atoms with van der Waals surface area (Å²) < 4.78 is 16.1. The first-order chi connectivity index (χ1) is 14.4. The van der Waals surface area contributed by atoms with Crippen molar-refractivity contribution in [3.63, 3.8) is 0 Å². The van der Waals surface area contributed by atoms with Crippen molar-refractivity contribution in [2.75, 3.05) is 5.32 Å². The Labute approximate surface area is 172 Å².